The SMILES string of the molecule is COc1ccc(OCCCC(=O)NCc2cn3ccc(C)cc3n2)cc1. The van der Waals surface area contributed by atoms with Crippen LogP contribution in [0.5, 0.6) is 11.5 Å². The van der Waals surface area contributed by atoms with Crippen molar-refractivity contribution in [2.24, 2.45) is 0 Å². The Balaban J connectivity index is 1.38. The van der Waals surface area contributed by atoms with Gasteiger partial charge in [-0.2, -0.15) is 0 Å². The second-order valence-electron chi connectivity index (χ2n) is 6.11. The fraction of sp³-hybridized carbons (Fsp3) is 0.300. The van der Waals surface area contributed by atoms with E-state index in [9.17, 15) is 4.79 Å². The fourth-order valence-electron chi connectivity index (χ4n) is 2.59. The van der Waals surface area contributed by atoms with Crippen molar-refractivity contribution in [3.63, 3.8) is 0 Å². The van der Waals surface area contributed by atoms with Crippen molar-refractivity contribution in [2.45, 2.75) is 26.3 Å². The summed E-state index contributed by atoms with van der Waals surface area (Å²) in [6.07, 6.45) is 4.98. The Bertz CT molecular complexity index is 872. The summed E-state index contributed by atoms with van der Waals surface area (Å²) in [5, 5.41) is 2.90. The van der Waals surface area contributed by atoms with Gasteiger partial charge in [-0.25, -0.2) is 4.98 Å². The van der Waals surface area contributed by atoms with Gasteiger partial charge in [-0.15, -0.1) is 0 Å². The van der Waals surface area contributed by atoms with Gasteiger partial charge in [0.05, 0.1) is 26.0 Å². The molecule has 0 aliphatic rings. The minimum atomic E-state index is -0.00318. The highest BCUT2D eigenvalue weighted by atomic mass is 16.5. The van der Waals surface area contributed by atoms with Crippen LogP contribution in [0, 0.1) is 6.92 Å². The van der Waals surface area contributed by atoms with Crippen LogP contribution in [-0.4, -0.2) is 29.0 Å². The molecule has 0 fully saturated rings. The highest BCUT2D eigenvalue weighted by Crippen LogP contribution is 2.17. The zero-order valence-corrected chi connectivity index (χ0v) is 15.1. The van der Waals surface area contributed by atoms with Crippen molar-refractivity contribution in [3.8, 4) is 11.5 Å². The Labute approximate surface area is 152 Å². The molecule has 6 heteroatoms. The lowest BCUT2D eigenvalue weighted by Gasteiger charge is -2.07. The number of imidazole rings is 1. The van der Waals surface area contributed by atoms with E-state index in [0.29, 0.717) is 26.0 Å². The zero-order valence-electron chi connectivity index (χ0n) is 15.1. The van der Waals surface area contributed by atoms with Crippen molar-refractivity contribution in [1.29, 1.82) is 0 Å². The molecule has 0 saturated carbocycles. The number of nitrogens with zero attached hydrogens (tertiary/aromatic N) is 2. The van der Waals surface area contributed by atoms with Crippen LogP contribution in [0.2, 0.25) is 0 Å². The van der Waals surface area contributed by atoms with Gasteiger partial charge in [-0.05, 0) is 55.3 Å². The topological polar surface area (TPSA) is 64.9 Å². The number of aromatic nitrogens is 2. The van der Waals surface area contributed by atoms with Crippen LogP contribution >= 0.6 is 0 Å². The first kappa shape index (κ1) is 17.8. The number of carbonyl (C=O) groups is 1. The zero-order chi connectivity index (χ0) is 18.4. The molecule has 0 spiro atoms. The van der Waals surface area contributed by atoms with Crippen LogP contribution in [0.25, 0.3) is 5.65 Å². The maximum atomic E-state index is 12.0. The second-order valence-corrected chi connectivity index (χ2v) is 6.11. The first-order valence-corrected chi connectivity index (χ1v) is 8.62. The number of pyridine rings is 1. The molecular weight excluding hydrogens is 330 g/mol. The number of nitrogens with one attached hydrogen (secondary N) is 1. The van der Waals surface area contributed by atoms with E-state index < -0.39 is 0 Å². The fourth-order valence-corrected chi connectivity index (χ4v) is 2.59. The van der Waals surface area contributed by atoms with E-state index in [4.69, 9.17) is 9.47 Å². The van der Waals surface area contributed by atoms with E-state index in [1.54, 1.807) is 7.11 Å². The van der Waals surface area contributed by atoms with Crippen LogP contribution in [0.3, 0.4) is 0 Å². The van der Waals surface area contributed by atoms with E-state index in [2.05, 4.69) is 10.3 Å². The Hall–Kier alpha value is -3.02. The summed E-state index contributed by atoms with van der Waals surface area (Å²) in [5.41, 5.74) is 2.90. The van der Waals surface area contributed by atoms with E-state index in [1.807, 2.05) is 60.1 Å². The van der Waals surface area contributed by atoms with E-state index in [1.165, 1.54) is 0 Å². The molecule has 26 heavy (non-hydrogen) atoms. The average molecular weight is 353 g/mol. The quantitative estimate of drug-likeness (QED) is 0.632. The third kappa shape index (κ3) is 4.75. The summed E-state index contributed by atoms with van der Waals surface area (Å²) in [4.78, 5) is 16.5. The van der Waals surface area contributed by atoms with Crippen LogP contribution in [0.1, 0.15) is 24.1 Å². The van der Waals surface area contributed by atoms with Gasteiger partial charge in [0.2, 0.25) is 5.91 Å². The number of fused-ring (bicyclic) bond motifs is 1. The summed E-state index contributed by atoms with van der Waals surface area (Å²) >= 11 is 0. The predicted octanol–water partition coefficient (Wildman–Crippen LogP) is 3.13. The van der Waals surface area contributed by atoms with Crippen LogP contribution in [-0.2, 0) is 11.3 Å². The molecule has 0 bridgehead atoms. The lowest BCUT2D eigenvalue weighted by Crippen LogP contribution is -2.23. The van der Waals surface area contributed by atoms with Gasteiger partial charge in [-0.1, -0.05) is 0 Å². The van der Waals surface area contributed by atoms with E-state index in [0.717, 1.165) is 28.4 Å². The molecule has 2 aromatic heterocycles. The van der Waals surface area contributed by atoms with E-state index >= 15 is 0 Å². The second kappa shape index (κ2) is 8.38. The summed E-state index contributed by atoms with van der Waals surface area (Å²) in [6.45, 7) is 2.95. The Morgan fingerprint density at radius 2 is 1.96 bits per heavy atom. The lowest BCUT2D eigenvalue weighted by atomic mass is 10.3. The highest BCUT2D eigenvalue weighted by Gasteiger charge is 2.05. The number of hydrogen-bond acceptors (Lipinski definition) is 4. The molecule has 1 aromatic carbocycles. The van der Waals surface area contributed by atoms with Gasteiger partial charge in [-0.3, -0.25) is 4.79 Å². The maximum absolute atomic E-state index is 12.0. The molecule has 0 unspecified atom stereocenters. The van der Waals surface area contributed by atoms with Crippen molar-refractivity contribution in [1.82, 2.24) is 14.7 Å². The van der Waals surface area contributed by atoms with Gasteiger partial charge in [0.1, 0.15) is 17.1 Å². The van der Waals surface area contributed by atoms with Crippen molar-refractivity contribution in [2.75, 3.05) is 13.7 Å². The van der Waals surface area contributed by atoms with Crippen LogP contribution in [0.4, 0.5) is 0 Å². The summed E-state index contributed by atoms with van der Waals surface area (Å²) in [7, 11) is 1.63. The number of ether oxygens (including phenoxy) is 2. The van der Waals surface area contributed by atoms with Gasteiger partial charge < -0.3 is 19.2 Å². The molecular formula is C20H23N3O3. The lowest BCUT2D eigenvalue weighted by molar-refractivity contribution is -0.121. The summed E-state index contributed by atoms with van der Waals surface area (Å²) in [5.74, 6) is 1.56. The molecule has 136 valence electrons. The summed E-state index contributed by atoms with van der Waals surface area (Å²) < 4.78 is 12.7. The minimum absolute atomic E-state index is 0.00318. The Kier molecular flexibility index (Phi) is 5.73. The molecule has 6 nitrogen and oxygen atoms in total. The third-order valence-electron chi connectivity index (χ3n) is 4.01. The predicted molar refractivity (Wildman–Crippen MR) is 99.5 cm³/mol. The smallest absolute Gasteiger partial charge is 0.220 e. The molecule has 0 aliphatic carbocycles. The third-order valence-corrected chi connectivity index (χ3v) is 4.01. The van der Waals surface area contributed by atoms with Gasteiger partial charge in [0.15, 0.2) is 0 Å². The number of carbonyl (C=O) groups excluding carboxylic acids is 1. The van der Waals surface area contributed by atoms with Crippen LogP contribution in [0.15, 0.2) is 48.8 Å². The largest absolute Gasteiger partial charge is 0.497 e. The number of amides is 1. The molecule has 3 rings (SSSR count). The molecule has 0 aliphatic heterocycles. The number of rotatable bonds is 8. The Morgan fingerprint density at radius 1 is 1.19 bits per heavy atom. The molecule has 0 atom stereocenters. The number of benzene rings is 1. The minimum Gasteiger partial charge on any atom is -0.497 e. The van der Waals surface area contributed by atoms with Gasteiger partial charge in [0, 0.05) is 18.8 Å². The van der Waals surface area contributed by atoms with Crippen LogP contribution < -0.4 is 14.8 Å². The molecule has 3 aromatic rings. The van der Waals surface area contributed by atoms with Crippen molar-refractivity contribution < 1.29 is 14.3 Å². The first-order chi connectivity index (χ1) is 12.6. The van der Waals surface area contributed by atoms with Gasteiger partial charge >= 0.3 is 0 Å². The molecule has 1 N–H and O–H groups in total. The Morgan fingerprint density at radius 3 is 2.73 bits per heavy atom. The monoisotopic (exact) mass is 353 g/mol. The van der Waals surface area contributed by atoms with Gasteiger partial charge in [0.25, 0.3) is 0 Å². The highest BCUT2D eigenvalue weighted by molar-refractivity contribution is 5.75. The summed E-state index contributed by atoms with van der Waals surface area (Å²) in [6, 6.07) is 11.4. The van der Waals surface area contributed by atoms with E-state index in [-0.39, 0.29) is 5.91 Å². The average Bonchev–Trinajstić information content (AvgIpc) is 3.06. The standard InChI is InChI=1S/C20H23N3O3/c1-15-9-10-23-14-16(22-19(23)12-15)13-21-20(24)4-3-11-26-18-7-5-17(25-2)6-8-18/h5-10,12,14H,3-4,11,13H2,1-2H3,(H,21,24). The van der Waals surface area contributed by atoms with Crippen molar-refractivity contribution >= 4 is 11.6 Å². The number of aryl methyl sites for hydroxylation is 1. The normalized spacial score (nSPS) is 10.7. The number of hydrogen-bond donors (Lipinski definition) is 1. The molecule has 2 heterocycles. The molecule has 0 radical (unpaired) electrons. The molecule has 0 saturated heterocycles. The van der Waals surface area contributed by atoms with Crippen molar-refractivity contribution in [3.05, 3.63) is 60.0 Å². The first-order valence-electron chi connectivity index (χ1n) is 8.62. The maximum Gasteiger partial charge on any atom is 0.220 e. The molecule has 1 amide bonds. The number of methoxy groups -OCH3 is 1.